The molecule has 5 unspecified atom stereocenters. The van der Waals surface area contributed by atoms with E-state index in [-0.39, 0.29) is 37.4 Å². The van der Waals surface area contributed by atoms with Crippen LogP contribution >= 0.6 is 0 Å². The number of nitrogens with one attached hydrogen (secondary N) is 3. The lowest BCUT2D eigenvalue weighted by atomic mass is 9.96. The van der Waals surface area contributed by atoms with Crippen LogP contribution in [0.5, 0.6) is 5.75 Å². The Morgan fingerprint density at radius 3 is 2.03 bits per heavy atom. The Kier molecular flexibility index (Phi) is 14.5. The molecule has 0 saturated carbocycles. The molecule has 5 atom stereocenters. The molecule has 0 spiro atoms. The van der Waals surface area contributed by atoms with E-state index in [2.05, 4.69) is 16.0 Å². The second-order valence-electron chi connectivity index (χ2n) is 9.53. The summed E-state index contributed by atoms with van der Waals surface area (Å²) in [6, 6.07) is 1.30. The number of carboxylic acid groups (broad SMARTS) is 2. The van der Waals surface area contributed by atoms with E-state index in [4.69, 9.17) is 16.6 Å². The molecule has 218 valence electrons. The highest BCUT2D eigenvalue weighted by atomic mass is 16.4. The molecule has 39 heavy (non-hydrogen) atoms. The molecule has 0 aliphatic heterocycles. The summed E-state index contributed by atoms with van der Waals surface area (Å²) in [5.41, 5.74) is 11.9. The Balaban J connectivity index is 3.02. The van der Waals surface area contributed by atoms with Crippen molar-refractivity contribution in [3.8, 4) is 5.75 Å². The Morgan fingerprint density at radius 1 is 0.872 bits per heavy atom. The highest BCUT2D eigenvalue weighted by molar-refractivity contribution is 5.94. The largest absolute Gasteiger partial charge is 0.508 e. The number of unbranched alkanes of at least 4 members (excludes halogenated alkanes) is 1. The van der Waals surface area contributed by atoms with E-state index in [0.29, 0.717) is 31.4 Å². The first-order valence-corrected chi connectivity index (χ1v) is 13.0. The van der Waals surface area contributed by atoms with Crippen LogP contribution in [0.15, 0.2) is 24.3 Å². The molecular weight excluding hydrogens is 510 g/mol. The number of aliphatic carboxylic acids is 2. The topological polar surface area (TPSA) is 234 Å². The van der Waals surface area contributed by atoms with Crippen molar-refractivity contribution < 1.29 is 39.3 Å². The summed E-state index contributed by atoms with van der Waals surface area (Å²) in [5.74, 6) is -4.80. The van der Waals surface area contributed by atoms with Crippen LogP contribution in [0.4, 0.5) is 0 Å². The summed E-state index contributed by atoms with van der Waals surface area (Å²) < 4.78 is 0. The number of carbonyl (C=O) groups excluding carboxylic acids is 3. The van der Waals surface area contributed by atoms with Crippen molar-refractivity contribution >= 4 is 29.7 Å². The molecular formula is C26H41N5O8. The van der Waals surface area contributed by atoms with Gasteiger partial charge >= 0.3 is 11.9 Å². The Bertz CT molecular complexity index is 972. The highest BCUT2D eigenvalue weighted by Crippen LogP contribution is 2.14. The quantitative estimate of drug-likeness (QED) is 0.112. The van der Waals surface area contributed by atoms with Gasteiger partial charge in [0.25, 0.3) is 0 Å². The zero-order valence-electron chi connectivity index (χ0n) is 22.4. The fourth-order valence-corrected chi connectivity index (χ4v) is 3.74. The fourth-order valence-electron chi connectivity index (χ4n) is 3.74. The number of aromatic hydroxyl groups is 1. The summed E-state index contributed by atoms with van der Waals surface area (Å²) in [4.78, 5) is 61.6. The third kappa shape index (κ3) is 12.1. The van der Waals surface area contributed by atoms with Gasteiger partial charge in [0.05, 0.1) is 6.04 Å². The molecule has 13 heteroatoms. The van der Waals surface area contributed by atoms with Gasteiger partial charge in [-0.05, 0) is 55.8 Å². The molecule has 0 bridgehead atoms. The van der Waals surface area contributed by atoms with Gasteiger partial charge in [-0.25, -0.2) is 4.79 Å². The average molecular weight is 552 g/mol. The van der Waals surface area contributed by atoms with Crippen LogP contribution in [-0.2, 0) is 30.4 Å². The first-order valence-electron chi connectivity index (χ1n) is 13.0. The number of benzene rings is 1. The van der Waals surface area contributed by atoms with E-state index in [1.165, 1.54) is 12.1 Å². The average Bonchev–Trinajstić information content (AvgIpc) is 2.89. The maximum atomic E-state index is 13.2. The first-order chi connectivity index (χ1) is 18.4. The number of hydrogen-bond donors (Lipinski definition) is 8. The Labute approximate surface area is 227 Å². The third-order valence-corrected chi connectivity index (χ3v) is 6.37. The molecule has 13 nitrogen and oxygen atoms in total. The van der Waals surface area contributed by atoms with Crippen LogP contribution in [0.1, 0.15) is 57.9 Å². The first kappa shape index (κ1) is 33.3. The van der Waals surface area contributed by atoms with Crippen molar-refractivity contribution in [2.45, 2.75) is 83.0 Å². The number of hydrogen-bond acceptors (Lipinski definition) is 8. The van der Waals surface area contributed by atoms with Crippen LogP contribution < -0.4 is 27.4 Å². The van der Waals surface area contributed by atoms with E-state index >= 15 is 0 Å². The molecule has 0 aliphatic rings. The normalized spacial score (nSPS) is 14.8. The Hall–Kier alpha value is -3.71. The predicted molar refractivity (Wildman–Crippen MR) is 142 cm³/mol. The summed E-state index contributed by atoms with van der Waals surface area (Å²) in [7, 11) is 0. The molecule has 0 aromatic heterocycles. The molecule has 0 radical (unpaired) electrons. The van der Waals surface area contributed by atoms with E-state index in [1.807, 2.05) is 6.92 Å². The fraction of sp³-hybridized carbons (Fsp3) is 0.577. The van der Waals surface area contributed by atoms with Gasteiger partial charge in [0.1, 0.15) is 23.9 Å². The van der Waals surface area contributed by atoms with Gasteiger partial charge in [-0.1, -0.05) is 32.4 Å². The van der Waals surface area contributed by atoms with Crippen molar-refractivity contribution in [3.05, 3.63) is 29.8 Å². The summed E-state index contributed by atoms with van der Waals surface area (Å²) in [5, 5.41) is 35.6. The summed E-state index contributed by atoms with van der Waals surface area (Å²) in [6.45, 7) is 3.91. The van der Waals surface area contributed by atoms with Crippen LogP contribution in [-0.4, -0.2) is 75.7 Å². The van der Waals surface area contributed by atoms with Gasteiger partial charge in [-0.15, -0.1) is 0 Å². The monoisotopic (exact) mass is 551 g/mol. The van der Waals surface area contributed by atoms with E-state index in [9.17, 15) is 34.2 Å². The van der Waals surface area contributed by atoms with Crippen molar-refractivity contribution in [2.24, 2.45) is 17.4 Å². The molecule has 3 amide bonds. The highest BCUT2D eigenvalue weighted by Gasteiger charge is 2.32. The molecule has 1 aromatic rings. The molecule has 0 saturated heterocycles. The summed E-state index contributed by atoms with van der Waals surface area (Å²) in [6.07, 6.45) is 1.28. The minimum absolute atomic E-state index is 0.0187. The third-order valence-electron chi connectivity index (χ3n) is 6.37. The van der Waals surface area contributed by atoms with E-state index < -0.39 is 53.8 Å². The smallest absolute Gasteiger partial charge is 0.326 e. The SMILES string of the molecule is CCC(C)C(NC(=O)C(CCCCN)NC(=O)C(N)CCC(=O)O)C(=O)NC(Cc1ccc(O)cc1)C(=O)O. The van der Waals surface area contributed by atoms with Crippen LogP contribution in [0.3, 0.4) is 0 Å². The van der Waals surface area contributed by atoms with Gasteiger partial charge in [-0.2, -0.15) is 0 Å². The van der Waals surface area contributed by atoms with Crippen molar-refractivity contribution in [1.82, 2.24) is 16.0 Å². The molecule has 1 rings (SSSR count). The maximum absolute atomic E-state index is 13.2. The lowest BCUT2D eigenvalue weighted by Gasteiger charge is -2.28. The van der Waals surface area contributed by atoms with Crippen molar-refractivity contribution in [1.29, 1.82) is 0 Å². The van der Waals surface area contributed by atoms with Gasteiger partial charge in [0, 0.05) is 12.8 Å². The number of amides is 3. The lowest BCUT2D eigenvalue weighted by Crippen LogP contribution is -2.58. The second-order valence-corrected chi connectivity index (χ2v) is 9.53. The molecule has 10 N–H and O–H groups in total. The lowest BCUT2D eigenvalue weighted by molar-refractivity contribution is -0.142. The molecule has 0 heterocycles. The maximum Gasteiger partial charge on any atom is 0.326 e. The van der Waals surface area contributed by atoms with E-state index in [1.54, 1.807) is 19.1 Å². The predicted octanol–water partition coefficient (Wildman–Crippen LogP) is -0.159. The zero-order valence-corrected chi connectivity index (χ0v) is 22.4. The van der Waals surface area contributed by atoms with Crippen molar-refractivity contribution in [3.63, 3.8) is 0 Å². The van der Waals surface area contributed by atoms with Gasteiger partial charge in [-0.3, -0.25) is 19.2 Å². The number of phenols is 1. The second kappa shape index (κ2) is 17.0. The van der Waals surface area contributed by atoms with Crippen LogP contribution in [0.2, 0.25) is 0 Å². The molecule has 0 aliphatic carbocycles. The number of carboxylic acids is 2. The standard InChI is InChI=1S/C26H41N5O8/c1-3-15(2)22(25(37)30-20(26(38)39)14-16-7-9-17(32)10-8-16)31-24(36)19(6-4-5-13-27)29-23(35)18(28)11-12-21(33)34/h7-10,15,18-20,22,32H,3-6,11-14,27-28H2,1-2H3,(H,29,35)(H,30,37)(H,31,36)(H,33,34)(H,38,39). The number of rotatable bonds is 18. The minimum Gasteiger partial charge on any atom is -0.508 e. The number of phenolic OH excluding ortho intramolecular Hbond substituents is 1. The number of nitrogens with two attached hydrogens (primary N) is 2. The van der Waals surface area contributed by atoms with Crippen LogP contribution in [0.25, 0.3) is 0 Å². The van der Waals surface area contributed by atoms with Gasteiger partial charge in [0.2, 0.25) is 17.7 Å². The number of carbonyl (C=O) groups is 5. The Morgan fingerprint density at radius 2 is 1.49 bits per heavy atom. The van der Waals surface area contributed by atoms with E-state index in [0.717, 1.165) is 0 Å². The molecule has 1 aromatic carbocycles. The molecule has 0 fully saturated rings. The van der Waals surface area contributed by atoms with Gasteiger partial charge in [0.15, 0.2) is 0 Å². The van der Waals surface area contributed by atoms with Gasteiger partial charge < -0.3 is 42.7 Å². The van der Waals surface area contributed by atoms with Crippen LogP contribution in [0, 0.1) is 5.92 Å². The van der Waals surface area contributed by atoms with Crippen molar-refractivity contribution in [2.75, 3.05) is 6.54 Å². The zero-order chi connectivity index (χ0) is 29.5. The minimum atomic E-state index is -1.29. The summed E-state index contributed by atoms with van der Waals surface area (Å²) >= 11 is 0.